The smallest absolute Gasteiger partial charge is 0.189 e. The summed E-state index contributed by atoms with van der Waals surface area (Å²) >= 11 is 3.29. The minimum atomic E-state index is -1.50. The molecule has 2 aliphatic carbocycles. The Kier molecular flexibility index (Phi) is 7.23. The quantitative estimate of drug-likeness (QED) is 0.257. The molecule has 0 radical (unpaired) electrons. The van der Waals surface area contributed by atoms with Gasteiger partial charge in [-0.2, -0.15) is 0 Å². The van der Waals surface area contributed by atoms with E-state index in [0.29, 0.717) is 6.04 Å². The van der Waals surface area contributed by atoms with Gasteiger partial charge in [0.15, 0.2) is 10.9 Å². The second-order valence-electron chi connectivity index (χ2n) is 9.53. The van der Waals surface area contributed by atoms with Gasteiger partial charge in [-0.25, -0.2) is 15.0 Å². The number of aromatic nitrogens is 4. The molecule has 0 amide bonds. The Morgan fingerprint density at radius 3 is 2.36 bits per heavy atom. The summed E-state index contributed by atoms with van der Waals surface area (Å²) < 4.78 is 1.16. The number of rotatable bonds is 5. The summed E-state index contributed by atoms with van der Waals surface area (Å²) in [6.07, 6.45) is 10.6. The van der Waals surface area contributed by atoms with E-state index >= 15 is 0 Å². The Morgan fingerprint density at radius 2 is 1.73 bits per heavy atom. The van der Waals surface area contributed by atoms with E-state index in [1.165, 1.54) is 46.0 Å². The number of nitrogens with one attached hydrogen (secondary N) is 1. The summed E-state index contributed by atoms with van der Waals surface area (Å²) in [4.78, 5) is 18.9. The fourth-order valence-electron chi connectivity index (χ4n) is 4.42. The van der Waals surface area contributed by atoms with E-state index in [2.05, 4.69) is 17.2 Å². The number of aryl methyl sites for hydroxylation is 2. The molecule has 0 saturated heterocycles. The van der Waals surface area contributed by atoms with Gasteiger partial charge in [0.05, 0.1) is 21.7 Å². The van der Waals surface area contributed by atoms with Crippen molar-refractivity contribution >= 4 is 39.1 Å². The number of thiazole rings is 1. The third-order valence-electron chi connectivity index (χ3n) is 6.06. The van der Waals surface area contributed by atoms with E-state index in [1.807, 2.05) is 25.4 Å². The van der Waals surface area contributed by atoms with Crippen molar-refractivity contribution in [1.82, 2.24) is 19.9 Å². The van der Waals surface area contributed by atoms with E-state index in [1.54, 1.807) is 23.1 Å². The SMILES string of the molecule is CC(C)(O)O.CSc1nc(C)c(-c2nc3c(C)nccc3s2)c(NC2CCC(C3CC3)C2)n1. The van der Waals surface area contributed by atoms with Crippen LogP contribution in [-0.2, 0) is 0 Å². The van der Waals surface area contributed by atoms with Crippen molar-refractivity contribution in [3.63, 3.8) is 0 Å². The molecule has 0 bridgehead atoms. The lowest BCUT2D eigenvalue weighted by Crippen LogP contribution is -2.18. The third-order valence-corrected chi connectivity index (χ3v) is 7.64. The van der Waals surface area contributed by atoms with Crippen LogP contribution in [-0.4, -0.2) is 48.2 Å². The van der Waals surface area contributed by atoms with Crippen LogP contribution in [0.1, 0.15) is 57.3 Å². The van der Waals surface area contributed by atoms with E-state index in [0.717, 1.165) is 55.0 Å². The molecular weight excluding hydrogens is 454 g/mol. The summed E-state index contributed by atoms with van der Waals surface area (Å²) in [6, 6.07) is 2.55. The lowest BCUT2D eigenvalue weighted by atomic mass is 10.0. The molecule has 2 fully saturated rings. The highest BCUT2D eigenvalue weighted by Gasteiger charge is 2.37. The zero-order chi connectivity index (χ0) is 23.8. The Morgan fingerprint density at radius 1 is 1.03 bits per heavy atom. The standard InChI is InChI=1S/C21H25N5S2.C3H8O2/c1-11-17(20-25-18-12(2)22-9-8-16(18)28-20)19(26-21(23-11)27-3)24-15-7-6-14(10-15)13-4-5-13;1-3(2,4)5/h8-9,13-15H,4-7,10H2,1-3H3,(H,23,24,26);4-5H,1-2H3. The molecule has 7 nitrogen and oxygen atoms in total. The molecular formula is C24H33N5O2S2. The van der Waals surface area contributed by atoms with Crippen molar-refractivity contribution in [2.24, 2.45) is 11.8 Å². The van der Waals surface area contributed by atoms with Crippen LogP contribution < -0.4 is 5.32 Å². The normalized spacial score (nSPS) is 20.6. The lowest BCUT2D eigenvalue weighted by Gasteiger charge is -2.18. The van der Waals surface area contributed by atoms with Crippen LogP contribution in [0.3, 0.4) is 0 Å². The van der Waals surface area contributed by atoms with Gasteiger partial charge in [-0.1, -0.05) is 11.8 Å². The monoisotopic (exact) mass is 487 g/mol. The first-order valence-electron chi connectivity index (χ1n) is 11.5. The number of thioether (sulfide) groups is 1. The van der Waals surface area contributed by atoms with Crippen LogP contribution in [0, 0.1) is 25.7 Å². The molecule has 0 spiro atoms. The molecule has 3 aromatic heterocycles. The maximum atomic E-state index is 8.08. The van der Waals surface area contributed by atoms with Crippen molar-refractivity contribution in [3.05, 3.63) is 23.7 Å². The maximum Gasteiger partial charge on any atom is 0.189 e. The predicted octanol–water partition coefficient (Wildman–Crippen LogP) is 5.18. The van der Waals surface area contributed by atoms with Crippen molar-refractivity contribution in [2.75, 3.05) is 11.6 Å². The van der Waals surface area contributed by atoms with Gasteiger partial charge in [0.1, 0.15) is 16.3 Å². The van der Waals surface area contributed by atoms with Gasteiger partial charge >= 0.3 is 0 Å². The average Bonchev–Trinajstić information content (AvgIpc) is 3.31. The number of hydrogen-bond acceptors (Lipinski definition) is 9. The van der Waals surface area contributed by atoms with Crippen LogP contribution in [0.2, 0.25) is 0 Å². The molecule has 2 unspecified atom stereocenters. The van der Waals surface area contributed by atoms with Gasteiger partial charge < -0.3 is 15.5 Å². The molecule has 3 N–H and O–H groups in total. The molecule has 2 saturated carbocycles. The summed E-state index contributed by atoms with van der Waals surface area (Å²) in [5.41, 5.74) is 3.99. The van der Waals surface area contributed by atoms with E-state index in [4.69, 9.17) is 25.2 Å². The first kappa shape index (κ1) is 24.3. The van der Waals surface area contributed by atoms with Crippen molar-refractivity contribution in [3.8, 4) is 10.6 Å². The van der Waals surface area contributed by atoms with Gasteiger partial charge in [0.25, 0.3) is 0 Å². The van der Waals surface area contributed by atoms with Gasteiger partial charge in [-0.3, -0.25) is 4.98 Å². The summed E-state index contributed by atoms with van der Waals surface area (Å²) in [5.74, 6) is 1.34. The topological polar surface area (TPSA) is 104 Å². The van der Waals surface area contributed by atoms with Gasteiger partial charge in [-0.05, 0) is 84.0 Å². The number of fused-ring (bicyclic) bond motifs is 1. The first-order chi connectivity index (χ1) is 15.6. The van der Waals surface area contributed by atoms with Crippen LogP contribution in [0.15, 0.2) is 17.4 Å². The van der Waals surface area contributed by atoms with E-state index in [-0.39, 0.29) is 0 Å². The highest BCUT2D eigenvalue weighted by molar-refractivity contribution is 7.98. The fourth-order valence-corrected chi connectivity index (χ4v) is 5.95. The van der Waals surface area contributed by atoms with Crippen molar-refractivity contribution < 1.29 is 10.2 Å². The van der Waals surface area contributed by atoms with Crippen molar-refractivity contribution in [2.45, 2.75) is 76.8 Å². The molecule has 2 atom stereocenters. The number of nitrogens with zero attached hydrogens (tertiary/aromatic N) is 4. The molecule has 5 rings (SSSR count). The summed E-state index contributed by atoms with van der Waals surface area (Å²) in [7, 11) is 0. The molecule has 178 valence electrons. The Labute approximate surface area is 203 Å². The number of aliphatic hydroxyl groups is 2. The predicted molar refractivity (Wildman–Crippen MR) is 136 cm³/mol. The zero-order valence-corrected chi connectivity index (χ0v) is 21.6. The van der Waals surface area contributed by atoms with E-state index in [9.17, 15) is 0 Å². The number of hydrogen-bond donors (Lipinski definition) is 3. The highest BCUT2D eigenvalue weighted by atomic mass is 32.2. The Bertz CT molecular complexity index is 1120. The largest absolute Gasteiger partial charge is 0.367 e. The summed E-state index contributed by atoms with van der Waals surface area (Å²) in [6.45, 7) is 6.68. The molecule has 2 aliphatic rings. The maximum absolute atomic E-state index is 8.08. The second kappa shape index (κ2) is 9.82. The lowest BCUT2D eigenvalue weighted by molar-refractivity contribution is -0.127. The Hall–Kier alpha value is -1.81. The average molecular weight is 488 g/mol. The zero-order valence-electron chi connectivity index (χ0n) is 19.9. The molecule has 0 aliphatic heterocycles. The molecule has 3 heterocycles. The highest BCUT2D eigenvalue weighted by Crippen LogP contribution is 2.46. The fraction of sp³-hybridized carbons (Fsp3) is 0.583. The molecule has 33 heavy (non-hydrogen) atoms. The minimum absolute atomic E-state index is 0.506. The minimum Gasteiger partial charge on any atom is -0.367 e. The molecule has 0 aromatic carbocycles. The van der Waals surface area contributed by atoms with Crippen LogP contribution in [0.4, 0.5) is 5.82 Å². The first-order valence-corrected chi connectivity index (χ1v) is 13.5. The van der Waals surface area contributed by atoms with Crippen LogP contribution in [0.25, 0.3) is 20.8 Å². The van der Waals surface area contributed by atoms with Gasteiger partial charge in [-0.15, -0.1) is 11.3 Å². The van der Waals surface area contributed by atoms with Crippen molar-refractivity contribution in [1.29, 1.82) is 0 Å². The van der Waals surface area contributed by atoms with Crippen LogP contribution in [0.5, 0.6) is 0 Å². The number of anilines is 1. The van der Waals surface area contributed by atoms with Gasteiger partial charge in [0.2, 0.25) is 0 Å². The molecule has 9 heteroatoms. The second-order valence-corrected chi connectivity index (χ2v) is 11.3. The van der Waals surface area contributed by atoms with Gasteiger partial charge in [0, 0.05) is 12.2 Å². The Balaban J connectivity index is 0.000000471. The number of pyridine rings is 1. The molecule has 3 aromatic rings. The third kappa shape index (κ3) is 6.20. The van der Waals surface area contributed by atoms with E-state index < -0.39 is 5.79 Å². The summed E-state index contributed by atoms with van der Waals surface area (Å²) in [5, 5.41) is 21.7. The van der Waals surface area contributed by atoms with Crippen LogP contribution >= 0.6 is 23.1 Å².